The number of nitrogens with one attached hydrogen (secondary N) is 1. The standard InChI is InChI=1S/C14H16FNO4/c1-8-3-4-10(15)9(5-8)12(17)16-11-6-20-7-14(11,2)13(18)19/h3-5,11H,6-7H2,1-2H3,(H,16,17)(H,18,19). The third kappa shape index (κ3) is 2.51. The molecular formula is C14H16FNO4. The van der Waals surface area contributed by atoms with Crippen LogP contribution in [0, 0.1) is 18.2 Å². The van der Waals surface area contributed by atoms with E-state index in [1.807, 2.05) is 0 Å². The van der Waals surface area contributed by atoms with Gasteiger partial charge in [-0.15, -0.1) is 0 Å². The molecule has 0 radical (unpaired) electrons. The van der Waals surface area contributed by atoms with Gasteiger partial charge >= 0.3 is 5.97 Å². The van der Waals surface area contributed by atoms with Crippen LogP contribution in [0.1, 0.15) is 22.8 Å². The number of halogens is 1. The summed E-state index contributed by atoms with van der Waals surface area (Å²) in [6.45, 7) is 3.36. The molecule has 2 unspecified atom stereocenters. The molecule has 1 saturated heterocycles. The van der Waals surface area contributed by atoms with E-state index in [1.165, 1.54) is 19.1 Å². The Balaban J connectivity index is 2.19. The Morgan fingerprint density at radius 1 is 1.50 bits per heavy atom. The molecule has 2 rings (SSSR count). The fourth-order valence-corrected chi connectivity index (χ4v) is 2.13. The van der Waals surface area contributed by atoms with E-state index in [2.05, 4.69) is 5.32 Å². The van der Waals surface area contributed by atoms with Gasteiger partial charge in [-0.2, -0.15) is 0 Å². The van der Waals surface area contributed by atoms with Crippen molar-refractivity contribution in [2.75, 3.05) is 13.2 Å². The molecule has 0 aliphatic carbocycles. The molecule has 2 N–H and O–H groups in total. The van der Waals surface area contributed by atoms with Gasteiger partial charge in [-0.25, -0.2) is 4.39 Å². The largest absolute Gasteiger partial charge is 0.481 e. The summed E-state index contributed by atoms with van der Waals surface area (Å²) in [5, 5.41) is 11.8. The second kappa shape index (κ2) is 5.20. The molecular weight excluding hydrogens is 265 g/mol. The number of amides is 1. The van der Waals surface area contributed by atoms with E-state index in [0.717, 1.165) is 5.56 Å². The molecule has 1 aromatic carbocycles. The van der Waals surface area contributed by atoms with Gasteiger partial charge in [-0.3, -0.25) is 9.59 Å². The minimum absolute atomic E-state index is 0.0174. The fraction of sp³-hybridized carbons (Fsp3) is 0.429. The van der Waals surface area contributed by atoms with E-state index >= 15 is 0 Å². The van der Waals surface area contributed by atoms with Crippen molar-refractivity contribution in [2.24, 2.45) is 5.41 Å². The SMILES string of the molecule is Cc1ccc(F)c(C(=O)NC2COCC2(C)C(=O)O)c1. The summed E-state index contributed by atoms with van der Waals surface area (Å²) >= 11 is 0. The number of ether oxygens (including phenoxy) is 1. The van der Waals surface area contributed by atoms with Crippen molar-refractivity contribution in [1.82, 2.24) is 5.32 Å². The zero-order valence-electron chi connectivity index (χ0n) is 11.3. The zero-order valence-corrected chi connectivity index (χ0v) is 11.3. The average molecular weight is 281 g/mol. The first-order valence-electron chi connectivity index (χ1n) is 6.23. The topological polar surface area (TPSA) is 75.6 Å². The van der Waals surface area contributed by atoms with Crippen molar-refractivity contribution in [3.8, 4) is 0 Å². The lowest BCUT2D eigenvalue weighted by Gasteiger charge is -2.25. The molecule has 2 atom stereocenters. The smallest absolute Gasteiger partial charge is 0.313 e. The molecule has 0 aromatic heterocycles. The number of rotatable bonds is 3. The van der Waals surface area contributed by atoms with Gasteiger partial charge in [-0.1, -0.05) is 11.6 Å². The van der Waals surface area contributed by atoms with Gasteiger partial charge in [0, 0.05) is 0 Å². The van der Waals surface area contributed by atoms with Crippen LogP contribution in [-0.4, -0.2) is 36.2 Å². The van der Waals surface area contributed by atoms with Crippen LogP contribution in [-0.2, 0) is 9.53 Å². The summed E-state index contributed by atoms with van der Waals surface area (Å²) in [6, 6.07) is 3.52. The third-order valence-corrected chi connectivity index (χ3v) is 3.62. The lowest BCUT2D eigenvalue weighted by molar-refractivity contribution is -0.148. The molecule has 108 valence electrons. The molecule has 20 heavy (non-hydrogen) atoms. The van der Waals surface area contributed by atoms with Gasteiger partial charge in [0.25, 0.3) is 5.91 Å². The zero-order chi connectivity index (χ0) is 14.9. The highest BCUT2D eigenvalue weighted by atomic mass is 19.1. The molecule has 5 nitrogen and oxygen atoms in total. The van der Waals surface area contributed by atoms with E-state index in [4.69, 9.17) is 4.74 Å². The summed E-state index contributed by atoms with van der Waals surface area (Å²) in [7, 11) is 0. The van der Waals surface area contributed by atoms with Crippen molar-refractivity contribution < 1.29 is 23.8 Å². The number of hydrogen-bond acceptors (Lipinski definition) is 3. The lowest BCUT2D eigenvalue weighted by Crippen LogP contribution is -2.49. The second-order valence-corrected chi connectivity index (χ2v) is 5.25. The first kappa shape index (κ1) is 14.5. The van der Waals surface area contributed by atoms with Crippen molar-refractivity contribution in [1.29, 1.82) is 0 Å². The quantitative estimate of drug-likeness (QED) is 0.877. The molecule has 1 aliphatic rings. The molecule has 1 amide bonds. The molecule has 6 heteroatoms. The number of carbonyl (C=O) groups excluding carboxylic acids is 1. The summed E-state index contributed by atoms with van der Waals surface area (Å²) in [5.41, 5.74) is -0.541. The van der Waals surface area contributed by atoms with Crippen molar-refractivity contribution in [3.63, 3.8) is 0 Å². The molecule has 1 fully saturated rings. The van der Waals surface area contributed by atoms with Gasteiger partial charge in [0.1, 0.15) is 11.2 Å². The van der Waals surface area contributed by atoms with Crippen molar-refractivity contribution in [3.05, 3.63) is 35.1 Å². The normalized spacial score (nSPS) is 25.4. The minimum Gasteiger partial charge on any atom is -0.481 e. The van der Waals surface area contributed by atoms with E-state index in [1.54, 1.807) is 13.0 Å². The Kier molecular flexibility index (Phi) is 3.76. The Morgan fingerprint density at radius 2 is 2.20 bits per heavy atom. The Labute approximate surface area is 115 Å². The highest BCUT2D eigenvalue weighted by Gasteiger charge is 2.47. The first-order valence-corrected chi connectivity index (χ1v) is 6.23. The van der Waals surface area contributed by atoms with Crippen LogP contribution in [0.2, 0.25) is 0 Å². The molecule has 1 heterocycles. The van der Waals surface area contributed by atoms with Crippen LogP contribution >= 0.6 is 0 Å². The predicted molar refractivity (Wildman–Crippen MR) is 69.0 cm³/mol. The maximum absolute atomic E-state index is 13.6. The lowest BCUT2D eigenvalue weighted by atomic mass is 9.85. The summed E-state index contributed by atoms with van der Waals surface area (Å²) in [6.07, 6.45) is 0. The Morgan fingerprint density at radius 3 is 2.85 bits per heavy atom. The van der Waals surface area contributed by atoms with Crippen LogP contribution < -0.4 is 5.32 Å². The van der Waals surface area contributed by atoms with Gasteiger partial charge < -0.3 is 15.2 Å². The Bertz CT molecular complexity index is 560. The number of benzene rings is 1. The number of aliphatic carboxylic acids is 1. The van der Waals surface area contributed by atoms with E-state index in [0.29, 0.717) is 0 Å². The number of hydrogen-bond donors (Lipinski definition) is 2. The summed E-state index contributed by atoms with van der Waals surface area (Å²) in [4.78, 5) is 23.4. The second-order valence-electron chi connectivity index (χ2n) is 5.25. The van der Waals surface area contributed by atoms with Crippen LogP contribution in [0.4, 0.5) is 4.39 Å². The van der Waals surface area contributed by atoms with Gasteiger partial charge in [-0.05, 0) is 26.0 Å². The fourth-order valence-electron chi connectivity index (χ4n) is 2.13. The first-order chi connectivity index (χ1) is 9.34. The molecule has 1 aromatic rings. The molecule has 0 bridgehead atoms. The minimum atomic E-state index is -1.20. The number of carbonyl (C=O) groups is 2. The highest BCUT2D eigenvalue weighted by molar-refractivity contribution is 5.95. The average Bonchev–Trinajstić information content (AvgIpc) is 2.75. The maximum Gasteiger partial charge on any atom is 0.313 e. The van der Waals surface area contributed by atoms with Crippen molar-refractivity contribution >= 4 is 11.9 Å². The van der Waals surface area contributed by atoms with Gasteiger partial charge in [0.15, 0.2) is 0 Å². The Hall–Kier alpha value is -1.95. The predicted octanol–water partition coefficient (Wildman–Crippen LogP) is 1.35. The highest BCUT2D eigenvalue weighted by Crippen LogP contribution is 2.29. The van der Waals surface area contributed by atoms with Gasteiger partial charge in [0.2, 0.25) is 0 Å². The molecule has 0 spiro atoms. The number of aryl methyl sites for hydroxylation is 1. The van der Waals surface area contributed by atoms with Crippen LogP contribution in [0.25, 0.3) is 0 Å². The third-order valence-electron chi connectivity index (χ3n) is 3.62. The van der Waals surface area contributed by atoms with E-state index < -0.39 is 29.2 Å². The van der Waals surface area contributed by atoms with E-state index in [9.17, 15) is 19.1 Å². The summed E-state index contributed by atoms with van der Waals surface area (Å²) < 4.78 is 18.8. The van der Waals surface area contributed by atoms with Crippen LogP contribution in [0.3, 0.4) is 0 Å². The van der Waals surface area contributed by atoms with Gasteiger partial charge in [0.05, 0.1) is 24.8 Å². The van der Waals surface area contributed by atoms with Crippen molar-refractivity contribution in [2.45, 2.75) is 19.9 Å². The maximum atomic E-state index is 13.6. The number of carboxylic acids is 1. The van der Waals surface area contributed by atoms with Crippen LogP contribution in [0.5, 0.6) is 0 Å². The molecule has 1 aliphatic heterocycles. The van der Waals surface area contributed by atoms with E-state index in [-0.39, 0.29) is 18.8 Å². The summed E-state index contributed by atoms with van der Waals surface area (Å²) in [5.74, 6) is -2.32. The van der Waals surface area contributed by atoms with Crippen LogP contribution in [0.15, 0.2) is 18.2 Å². The molecule has 0 saturated carbocycles. The monoisotopic (exact) mass is 281 g/mol. The number of carboxylic acid groups (broad SMARTS) is 1.